The molecular formula is C25H30N8O6S3. The third-order valence-corrected chi connectivity index (χ3v) is 10.1. The van der Waals surface area contributed by atoms with E-state index in [1.807, 2.05) is 29.2 Å². The number of aliphatic hydroxyl groups excluding tert-OH is 1. The van der Waals surface area contributed by atoms with Crippen molar-refractivity contribution in [1.82, 2.24) is 20.1 Å². The van der Waals surface area contributed by atoms with Gasteiger partial charge in [-0.15, -0.1) is 34.9 Å². The van der Waals surface area contributed by atoms with Gasteiger partial charge >= 0.3 is 0 Å². The number of piperazine rings is 1. The Hall–Kier alpha value is -3.38. The van der Waals surface area contributed by atoms with Crippen molar-refractivity contribution >= 4 is 63.5 Å². The number of pyridine rings is 1. The minimum Gasteiger partial charge on any atom is -0.543 e. The highest BCUT2D eigenvalue weighted by Gasteiger charge is 2.53. The molecule has 0 spiro atoms. The Bertz CT molecular complexity index is 1390. The lowest BCUT2D eigenvalue weighted by Crippen LogP contribution is -2.71. The first kappa shape index (κ1) is 30.1. The summed E-state index contributed by atoms with van der Waals surface area (Å²) in [6.45, 7) is 4.30. The van der Waals surface area contributed by atoms with E-state index in [9.17, 15) is 19.5 Å². The maximum atomic E-state index is 13.1. The highest BCUT2D eigenvalue weighted by molar-refractivity contribution is 8.01. The van der Waals surface area contributed by atoms with E-state index in [2.05, 4.69) is 25.4 Å². The standard InChI is InChI=1S/C25H30N8O6S3/c1-39-29-18(17-14-42-25(26)27-17)21(35)28-19-22(36)33-20(24(37)38)15(13-41-23(19)33)12-40-16-2-4-31(5-3-16)32-8-6-30(7-9-32)10-11-34/h2-5,14,19,23,34H,6-13H2,1H3,(H3-,26,27,28,35,37,38)/b29-18-/t19-,23-/m1/s1. The lowest BCUT2D eigenvalue weighted by Gasteiger charge is -2.50. The van der Waals surface area contributed by atoms with Gasteiger partial charge in [0.15, 0.2) is 10.8 Å². The largest absolute Gasteiger partial charge is 0.543 e. The Kier molecular flexibility index (Phi) is 9.52. The topological polar surface area (TPSA) is 181 Å². The molecule has 3 aliphatic heterocycles. The Morgan fingerprint density at radius 3 is 2.67 bits per heavy atom. The van der Waals surface area contributed by atoms with Crippen LogP contribution in [0.15, 0.2) is 51.2 Å². The molecule has 14 nitrogen and oxygen atoms in total. The smallest absolute Gasteiger partial charge is 0.276 e. The second kappa shape index (κ2) is 13.3. The van der Waals surface area contributed by atoms with Gasteiger partial charge in [0, 0.05) is 53.5 Å². The number of aromatic nitrogens is 2. The molecular weight excluding hydrogens is 605 g/mol. The fourth-order valence-corrected chi connectivity index (χ4v) is 7.79. The van der Waals surface area contributed by atoms with Crippen LogP contribution in [0.25, 0.3) is 0 Å². The number of amides is 2. The molecule has 224 valence electrons. The van der Waals surface area contributed by atoms with E-state index in [0.717, 1.165) is 42.4 Å². The zero-order chi connectivity index (χ0) is 29.8. The number of thiazole rings is 1. The van der Waals surface area contributed by atoms with E-state index in [0.29, 0.717) is 23.6 Å². The van der Waals surface area contributed by atoms with Crippen molar-refractivity contribution in [3.8, 4) is 0 Å². The normalized spacial score (nSPS) is 21.2. The molecule has 2 saturated heterocycles. The van der Waals surface area contributed by atoms with Crippen LogP contribution in [-0.2, 0) is 19.2 Å². The maximum Gasteiger partial charge on any atom is 0.276 e. The number of carboxylic acids is 1. The van der Waals surface area contributed by atoms with Gasteiger partial charge in [-0.2, -0.15) is 5.01 Å². The number of β-amino-alcohol motifs (C(OH)–C–C–N with tert-alkyl or cyclic N) is 1. The quantitative estimate of drug-likeness (QED) is 0.0800. The summed E-state index contributed by atoms with van der Waals surface area (Å²) in [5.41, 5.74) is 6.17. The molecule has 0 unspecified atom stereocenters. The number of thioether (sulfide) groups is 2. The molecule has 2 aromatic rings. The molecule has 5 rings (SSSR count). The Morgan fingerprint density at radius 1 is 1.31 bits per heavy atom. The molecule has 42 heavy (non-hydrogen) atoms. The number of carbonyl (C=O) groups excluding carboxylic acids is 3. The van der Waals surface area contributed by atoms with Gasteiger partial charge in [-0.05, 0) is 5.57 Å². The predicted molar refractivity (Wildman–Crippen MR) is 156 cm³/mol. The number of nitrogens with zero attached hydrogens (tertiary/aromatic N) is 6. The molecule has 0 radical (unpaired) electrons. The van der Waals surface area contributed by atoms with E-state index >= 15 is 0 Å². The molecule has 2 amide bonds. The highest BCUT2D eigenvalue weighted by Crippen LogP contribution is 2.41. The van der Waals surface area contributed by atoms with Crippen molar-refractivity contribution in [3.63, 3.8) is 0 Å². The first-order valence-electron chi connectivity index (χ1n) is 13.0. The Labute approximate surface area is 254 Å². The number of nitrogens with two attached hydrogens (primary N) is 1. The van der Waals surface area contributed by atoms with Crippen LogP contribution in [-0.4, -0.2) is 113 Å². The molecule has 0 saturated carbocycles. The maximum absolute atomic E-state index is 13.1. The average Bonchev–Trinajstić information content (AvgIpc) is 3.43. The van der Waals surface area contributed by atoms with E-state index in [1.54, 1.807) is 5.38 Å². The van der Waals surface area contributed by atoms with Gasteiger partial charge in [-0.3, -0.25) is 19.4 Å². The van der Waals surface area contributed by atoms with Crippen LogP contribution >= 0.6 is 34.9 Å². The van der Waals surface area contributed by atoms with Crippen LogP contribution in [0.2, 0.25) is 0 Å². The number of carbonyl (C=O) groups is 3. The number of hydrogen-bond donors (Lipinski definition) is 3. The van der Waals surface area contributed by atoms with Crippen LogP contribution in [0.3, 0.4) is 0 Å². The monoisotopic (exact) mass is 634 g/mol. The van der Waals surface area contributed by atoms with Crippen LogP contribution in [0, 0.1) is 0 Å². The van der Waals surface area contributed by atoms with Gasteiger partial charge in [0.2, 0.25) is 12.4 Å². The van der Waals surface area contributed by atoms with Crippen LogP contribution in [0.4, 0.5) is 5.13 Å². The molecule has 17 heteroatoms. The van der Waals surface area contributed by atoms with Crippen molar-refractivity contribution in [2.75, 3.05) is 68.7 Å². The summed E-state index contributed by atoms with van der Waals surface area (Å²) < 4.78 is 2.03. The molecule has 0 bridgehead atoms. The zero-order valence-electron chi connectivity index (χ0n) is 22.7. The van der Waals surface area contributed by atoms with E-state index in [1.165, 1.54) is 35.5 Å². The number of β-lactam (4-membered cyclic amide) rings is 1. The van der Waals surface area contributed by atoms with Crippen molar-refractivity contribution in [2.45, 2.75) is 16.3 Å². The summed E-state index contributed by atoms with van der Waals surface area (Å²) >= 11 is 3.98. The fourth-order valence-electron chi connectivity index (χ4n) is 4.88. The van der Waals surface area contributed by atoms with Crippen LogP contribution < -0.4 is 25.8 Å². The molecule has 2 fully saturated rings. The SMILES string of the molecule is CO/N=C(\C(=O)N[C@@H]1C(=O)N2C(C(=O)[O-])=C(CSc3cc[n+](N4CCN(CCO)CC4)cc3)CS[C@H]12)c1csc(N)n1. The summed E-state index contributed by atoms with van der Waals surface area (Å²) in [5.74, 6) is -1.93. The molecule has 4 N–H and O–H groups in total. The molecule has 5 heterocycles. The van der Waals surface area contributed by atoms with Gasteiger partial charge in [0.05, 0.1) is 31.4 Å². The molecule has 3 aliphatic rings. The third-order valence-electron chi connectivity index (χ3n) is 6.98. The van der Waals surface area contributed by atoms with Crippen molar-refractivity contribution in [1.29, 1.82) is 0 Å². The van der Waals surface area contributed by atoms with E-state index in [-0.39, 0.29) is 28.8 Å². The number of rotatable bonds is 11. The van der Waals surface area contributed by atoms with E-state index < -0.39 is 29.2 Å². The number of nitrogens with one attached hydrogen (secondary N) is 1. The van der Waals surface area contributed by atoms with Gasteiger partial charge in [-0.1, -0.05) is 9.83 Å². The number of carboxylic acid groups (broad SMARTS) is 1. The number of aliphatic carboxylic acids is 1. The number of anilines is 1. The fraction of sp³-hybridized carbons (Fsp3) is 0.440. The Balaban J connectivity index is 1.21. The molecule has 0 aromatic carbocycles. The van der Waals surface area contributed by atoms with E-state index in [4.69, 9.17) is 15.7 Å². The van der Waals surface area contributed by atoms with Crippen LogP contribution in [0.1, 0.15) is 5.69 Å². The average molecular weight is 635 g/mol. The van der Waals surface area contributed by atoms with Crippen molar-refractivity contribution in [3.05, 3.63) is 46.9 Å². The van der Waals surface area contributed by atoms with Gasteiger partial charge < -0.3 is 30.9 Å². The third kappa shape index (κ3) is 6.34. The summed E-state index contributed by atoms with van der Waals surface area (Å²) in [6.07, 6.45) is 3.94. The lowest BCUT2D eigenvalue weighted by atomic mass is 10.0. The minimum atomic E-state index is -1.43. The molecule has 0 aliphatic carbocycles. The first-order valence-corrected chi connectivity index (χ1v) is 16.0. The number of hydrogen-bond acceptors (Lipinski definition) is 14. The summed E-state index contributed by atoms with van der Waals surface area (Å²) in [5, 5.41) is 31.1. The van der Waals surface area contributed by atoms with Crippen molar-refractivity contribution < 1.29 is 34.1 Å². The number of fused-ring (bicyclic) bond motifs is 1. The highest BCUT2D eigenvalue weighted by atomic mass is 32.2. The zero-order valence-corrected chi connectivity index (χ0v) is 25.1. The first-order chi connectivity index (χ1) is 20.3. The summed E-state index contributed by atoms with van der Waals surface area (Å²) in [7, 11) is 1.28. The summed E-state index contributed by atoms with van der Waals surface area (Å²) in [4.78, 5) is 51.3. The molecule has 2 aromatic heterocycles. The van der Waals surface area contributed by atoms with Gasteiger partial charge in [0.25, 0.3) is 11.8 Å². The predicted octanol–water partition coefficient (Wildman–Crippen LogP) is -2.19. The van der Waals surface area contributed by atoms with Crippen molar-refractivity contribution in [2.24, 2.45) is 5.16 Å². The second-order valence-electron chi connectivity index (χ2n) is 9.52. The number of aliphatic hydroxyl groups is 1. The van der Waals surface area contributed by atoms with Crippen LogP contribution in [0.5, 0.6) is 0 Å². The Morgan fingerprint density at radius 2 is 2.05 bits per heavy atom. The van der Waals surface area contributed by atoms with Gasteiger partial charge in [0.1, 0.15) is 24.2 Å². The number of oxime groups is 1. The molecule has 2 atom stereocenters. The minimum absolute atomic E-state index is 0.140. The second-order valence-corrected chi connectivity index (χ2v) is 12.6. The van der Waals surface area contributed by atoms with Gasteiger partial charge in [-0.25, -0.2) is 4.98 Å². The summed E-state index contributed by atoms with van der Waals surface area (Å²) in [6, 6.07) is 3.00. The lowest BCUT2D eigenvalue weighted by molar-refractivity contribution is -0.694. The number of nitrogen functional groups attached to an aromatic ring is 1.